The third kappa shape index (κ3) is 12.1. The molecule has 2 rings (SSSR count). The summed E-state index contributed by atoms with van der Waals surface area (Å²) in [6, 6.07) is -1.95. The van der Waals surface area contributed by atoms with Crippen LogP contribution in [0.25, 0.3) is 0 Å². The fraction of sp³-hybridized carbons (Fsp3) is 0.815. The molecule has 43 heavy (non-hydrogen) atoms. The van der Waals surface area contributed by atoms with Crippen molar-refractivity contribution in [3.63, 3.8) is 0 Å². The number of alkyl carbamates (subject to hydrolysis) is 1. The number of nitrogens with one attached hydrogen (secondary N) is 4. The third-order valence-corrected chi connectivity index (χ3v) is 14.2. The molecule has 2 heterocycles. The van der Waals surface area contributed by atoms with Crippen LogP contribution in [-0.2, 0) is 37.8 Å². The van der Waals surface area contributed by atoms with Gasteiger partial charge in [0, 0.05) is 18.1 Å². The topological polar surface area (TPSA) is 170 Å². The summed E-state index contributed by atoms with van der Waals surface area (Å²) in [6.07, 6.45) is -1.78. The van der Waals surface area contributed by atoms with Crippen LogP contribution in [0.1, 0.15) is 54.4 Å². The maximum atomic E-state index is 13.7. The Morgan fingerprint density at radius 2 is 1.67 bits per heavy atom. The molecule has 0 aromatic carbocycles. The van der Waals surface area contributed by atoms with Gasteiger partial charge in [-0.05, 0) is 51.7 Å². The van der Waals surface area contributed by atoms with Crippen LogP contribution in [0.3, 0.4) is 0 Å². The molecule has 0 radical (unpaired) electrons. The van der Waals surface area contributed by atoms with Gasteiger partial charge in [-0.25, -0.2) is 4.79 Å². The Balaban J connectivity index is 2.32. The molecule has 2 saturated heterocycles. The summed E-state index contributed by atoms with van der Waals surface area (Å²) in [7, 11) is 1.38. The normalized spacial score (nSPS) is 26.2. The molecule has 2 fully saturated rings. The Morgan fingerprint density at radius 3 is 2.28 bits per heavy atom. The van der Waals surface area contributed by atoms with Gasteiger partial charge in [-0.2, -0.15) is 0 Å². The minimum atomic E-state index is -2.30. The van der Waals surface area contributed by atoms with Crippen LogP contribution in [0.2, 0.25) is 18.1 Å². The van der Waals surface area contributed by atoms with Crippen LogP contribution in [0.4, 0.5) is 4.79 Å². The molecule has 2 aliphatic rings. The van der Waals surface area contributed by atoms with E-state index >= 15 is 0 Å². The van der Waals surface area contributed by atoms with Gasteiger partial charge >= 0.3 is 12.1 Å². The second kappa shape index (κ2) is 15.8. The molecule has 0 spiro atoms. The minimum Gasteiger partial charge on any atom is -0.468 e. The molecule has 16 heteroatoms. The summed E-state index contributed by atoms with van der Waals surface area (Å²) in [5.74, 6) is -1.87. The first-order valence-corrected chi connectivity index (χ1v) is 19.7. The second-order valence-corrected chi connectivity index (χ2v) is 20.3. The van der Waals surface area contributed by atoms with Gasteiger partial charge in [0.1, 0.15) is 24.2 Å². The highest BCUT2D eigenvalue weighted by molar-refractivity contribution is 8.76. The molecule has 0 aromatic rings. The predicted molar refractivity (Wildman–Crippen MR) is 168 cm³/mol. The number of carbonyl (C=O) groups is 5. The predicted octanol–water partition coefficient (Wildman–Crippen LogP) is 2.10. The zero-order valence-electron chi connectivity index (χ0n) is 26.6. The van der Waals surface area contributed by atoms with Crippen molar-refractivity contribution in [1.82, 2.24) is 21.3 Å². The first kappa shape index (κ1) is 37.2. The van der Waals surface area contributed by atoms with E-state index in [0.717, 1.165) is 0 Å². The van der Waals surface area contributed by atoms with E-state index in [-0.39, 0.29) is 29.6 Å². The van der Waals surface area contributed by atoms with Gasteiger partial charge in [0.05, 0.1) is 19.3 Å². The fourth-order valence-corrected chi connectivity index (χ4v) is 7.60. The number of fused-ring (bicyclic) bond motifs is 2. The van der Waals surface area contributed by atoms with E-state index in [9.17, 15) is 24.0 Å². The van der Waals surface area contributed by atoms with Crippen LogP contribution in [0.5, 0.6) is 0 Å². The van der Waals surface area contributed by atoms with Gasteiger partial charge in [0.2, 0.25) is 11.8 Å². The number of rotatable bonds is 6. The maximum absolute atomic E-state index is 13.7. The number of carbonyl (C=O) groups excluding carboxylic acids is 5. The van der Waals surface area contributed by atoms with E-state index in [1.807, 2.05) is 0 Å². The molecule has 13 nitrogen and oxygen atoms in total. The lowest BCUT2D eigenvalue weighted by molar-refractivity contribution is -0.157. The van der Waals surface area contributed by atoms with Crippen molar-refractivity contribution in [3.05, 3.63) is 0 Å². The molecule has 246 valence electrons. The summed E-state index contributed by atoms with van der Waals surface area (Å²) in [5.41, 5.74) is -0.749. The molecular formula is C27H48N4O9S2Si. The SMILES string of the molecule is COC(=O)CNC(=O)C1CSSC[C@H](NC(=O)OC(C)(C)C)C(=O)NC[C@H]2CC[C@H](O[Si](C)(C)C(C)(C)C)[C@H](O2)C(=O)N1. The molecule has 2 aliphatic heterocycles. The Bertz CT molecular complexity index is 1020. The average Bonchev–Trinajstić information content (AvgIpc) is 2.89. The van der Waals surface area contributed by atoms with Gasteiger partial charge in [-0.3, -0.25) is 19.2 Å². The van der Waals surface area contributed by atoms with Gasteiger partial charge in [-0.1, -0.05) is 42.4 Å². The molecule has 1 unspecified atom stereocenters. The van der Waals surface area contributed by atoms with E-state index in [2.05, 4.69) is 59.9 Å². The third-order valence-electron chi connectivity index (χ3n) is 7.29. The molecule has 4 amide bonds. The first-order chi connectivity index (χ1) is 19.8. The molecule has 0 aliphatic carbocycles. The monoisotopic (exact) mass is 664 g/mol. The van der Waals surface area contributed by atoms with Crippen molar-refractivity contribution in [2.45, 2.75) is 109 Å². The van der Waals surface area contributed by atoms with Crippen LogP contribution >= 0.6 is 21.6 Å². The summed E-state index contributed by atoms with van der Waals surface area (Å²) in [4.78, 5) is 64.0. The van der Waals surface area contributed by atoms with Gasteiger partial charge in [0.25, 0.3) is 5.91 Å². The Kier molecular flexibility index (Phi) is 13.7. The van der Waals surface area contributed by atoms with Gasteiger partial charge < -0.3 is 39.9 Å². The number of hydrogen-bond acceptors (Lipinski definition) is 11. The van der Waals surface area contributed by atoms with Gasteiger partial charge in [-0.15, -0.1) is 0 Å². The standard InChI is InChI=1S/C27H48N4O9S2Si/c1-26(2,3)39-25(36)31-18-15-42-41-14-17(22(33)29-13-20(32)37-7)30-24(35)21-19(40-43(8,9)27(4,5)6)11-10-16(38-21)12-28-23(18)34/h16-19,21H,10-15H2,1-9H3,(H,28,34)(H,29,33)(H,30,35)(H,31,36)/t16-,17?,18+,19+,21+/m1/s1. The highest BCUT2D eigenvalue weighted by Crippen LogP contribution is 2.39. The van der Waals surface area contributed by atoms with Crippen LogP contribution in [-0.4, -0.2) is 106 Å². The molecule has 5 atom stereocenters. The van der Waals surface area contributed by atoms with Crippen molar-refractivity contribution in [2.75, 3.05) is 31.7 Å². The van der Waals surface area contributed by atoms with Crippen molar-refractivity contribution in [1.29, 1.82) is 0 Å². The highest BCUT2D eigenvalue weighted by Gasteiger charge is 2.45. The molecule has 0 aromatic heterocycles. The quantitative estimate of drug-likeness (QED) is 0.186. The lowest BCUT2D eigenvalue weighted by Crippen LogP contribution is -2.59. The molecule has 2 bridgehead atoms. The summed E-state index contributed by atoms with van der Waals surface area (Å²) in [5, 5.41) is 10.6. The minimum absolute atomic E-state index is 0.105. The van der Waals surface area contributed by atoms with Crippen molar-refractivity contribution < 1.29 is 42.6 Å². The highest BCUT2D eigenvalue weighted by atomic mass is 33.1. The Labute approximate surface area is 263 Å². The average molecular weight is 665 g/mol. The fourth-order valence-electron chi connectivity index (χ4n) is 3.92. The van der Waals surface area contributed by atoms with Gasteiger partial charge in [0.15, 0.2) is 14.4 Å². The van der Waals surface area contributed by atoms with Crippen molar-refractivity contribution >= 4 is 59.7 Å². The Morgan fingerprint density at radius 1 is 1.02 bits per heavy atom. The summed E-state index contributed by atoms with van der Waals surface area (Å²) < 4.78 is 22.8. The Hall–Kier alpha value is -2.01. The number of methoxy groups -OCH3 is 1. The molecule has 4 N–H and O–H groups in total. The number of amides is 4. The summed E-state index contributed by atoms with van der Waals surface area (Å²) >= 11 is 0. The molecular weight excluding hydrogens is 617 g/mol. The molecule has 0 saturated carbocycles. The second-order valence-electron chi connectivity index (χ2n) is 13.0. The summed E-state index contributed by atoms with van der Waals surface area (Å²) in [6.45, 7) is 15.4. The smallest absolute Gasteiger partial charge is 0.408 e. The first-order valence-electron chi connectivity index (χ1n) is 14.3. The zero-order valence-corrected chi connectivity index (χ0v) is 29.3. The van der Waals surface area contributed by atoms with E-state index in [1.54, 1.807) is 20.8 Å². The van der Waals surface area contributed by atoms with E-state index in [4.69, 9.17) is 13.9 Å². The van der Waals surface area contributed by atoms with Crippen LogP contribution in [0, 0.1) is 0 Å². The van der Waals surface area contributed by atoms with Crippen molar-refractivity contribution in [2.24, 2.45) is 0 Å². The largest absolute Gasteiger partial charge is 0.468 e. The van der Waals surface area contributed by atoms with Crippen LogP contribution < -0.4 is 21.3 Å². The maximum Gasteiger partial charge on any atom is 0.408 e. The van der Waals surface area contributed by atoms with Crippen LogP contribution in [0.15, 0.2) is 0 Å². The van der Waals surface area contributed by atoms with E-state index in [0.29, 0.717) is 12.8 Å². The lowest BCUT2D eigenvalue weighted by Gasteiger charge is -2.44. The number of ether oxygens (including phenoxy) is 3. The van der Waals surface area contributed by atoms with E-state index in [1.165, 1.54) is 28.7 Å². The lowest BCUT2D eigenvalue weighted by atomic mass is 10.00. The number of hydrogen-bond donors (Lipinski definition) is 4. The number of esters is 1. The van der Waals surface area contributed by atoms with Crippen molar-refractivity contribution in [3.8, 4) is 0 Å². The zero-order chi connectivity index (χ0) is 32.6. The van der Waals surface area contributed by atoms with E-state index < -0.39 is 74.1 Å².